The monoisotopic (exact) mass is 902 g/mol. The molecule has 0 saturated heterocycles. The van der Waals surface area contributed by atoms with E-state index in [4.69, 9.17) is 29.8 Å². The number of furan rings is 2. The highest BCUT2D eigenvalue weighted by Gasteiger charge is 2.36. The highest BCUT2D eigenvalue weighted by molar-refractivity contribution is 6.08. The summed E-state index contributed by atoms with van der Waals surface area (Å²) in [5, 5.41) is 4.15. The van der Waals surface area contributed by atoms with Gasteiger partial charge in [0.15, 0.2) is 17.7 Å². The molecule has 8 N–H and O–H groups in total. The summed E-state index contributed by atoms with van der Waals surface area (Å²) in [5.41, 5.74) is 8.91. The minimum Gasteiger partial charge on any atom is -0.429 e. The van der Waals surface area contributed by atoms with Gasteiger partial charge in [-0.05, 0) is 68.6 Å². The third-order valence-electron chi connectivity index (χ3n) is 9.78. The standard InChI is InChI=1S/2C21H24F3N5O3/c1-4-29(5-2)11-12-6-9-17(31-12)32-16-8-7-14(21(22,23)24)13-10-15(27-18(13)16)19(30)28-20(25)26-3;1-4-29(5-2)11-12-6-7-18(31-12)32-13-8-15(21(22,23)24)14-10-17(27-16(14)9-13)19(30)28-20(25)26-3/h2*6-10,27H,4-5,11H2,1-3H3,(H3,25,26,28,30). The Morgan fingerprint density at radius 3 is 1.62 bits per heavy atom. The molecule has 4 aromatic heterocycles. The van der Waals surface area contributed by atoms with Gasteiger partial charge in [-0.25, -0.2) is 0 Å². The Morgan fingerprint density at radius 1 is 0.656 bits per heavy atom. The van der Waals surface area contributed by atoms with E-state index in [0.717, 1.165) is 50.4 Å². The van der Waals surface area contributed by atoms with Gasteiger partial charge in [0.2, 0.25) is 0 Å². The quantitative estimate of drug-likeness (QED) is 0.0350. The van der Waals surface area contributed by atoms with E-state index >= 15 is 0 Å². The maximum absolute atomic E-state index is 13.7. The lowest BCUT2D eigenvalue weighted by molar-refractivity contribution is -0.137. The first kappa shape index (κ1) is 48.1. The minimum absolute atomic E-state index is 0.00123. The number of nitrogens with two attached hydrogens (primary N) is 2. The van der Waals surface area contributed by atoms with Crippen molar-refractivity contribution in [2.75, 3.05) is 40.3 Å². The molecular formula is C42H48F6N10O6. The maximum atomic E-state index is 13.7. The smallest absolute Gasteiger partial charge is 0.417 e. The zero-order valence-electron chi connectivity index (χ0n) is 35.7. The summed E-state index contributed by atoms with van der Waals surface area (Å²) in [6.45, 7) is 12.6. The van der Waals surface area contributed by atoms with E-state index in [1.165, 1.54) is 26.2 Å². The Hall–Kier alpha value is -6.94. The number of carbonyl (C=O) groups is 2. The third-order valence-corrected chi connectivity index (χ3v) is 9.78. The topological polar surface area (TPSA) is 218 Å². The van der Waals surface area contributed by atoms with Crippen molar-refractivity contribution < 1.29 is 54.2 Å². The van der Waals surface area contributed by atoms with Gasteiger partial charge >= 0.3 is 12.4 Å². The maximum Gasteiger partial charge on any atom is 0.417 e. The van der Waals surface area contributed by atoms with Crippen molar-refractivity contribution in [2.24, 2.45) is 21.5 Å². The molecule has 0 aliphatic heterocycles. The van der Waals surface area contributed by atoms with Gasteiger partial charge < -0.3 is 39.7 Å². The Kier molecular flexibility index (Phi) is 15.4. The number of benzene rings is 2. The highest BCUT2D eigenvalue weighted by Crippen LogP contribution is 2.41. The fourth-order valence-corrected chi connectivity index (χ4v) is 6.31. The Balaban J connectivity index is 0.000000241. The summed E-state index contributed by atoms with van der Waals surface area (Å²) in [6, 6.07) is 13.1. The first-order chi connectivity index (χ1) is 30.3. The molecule has 16 nitrogen and oxygen atoms in total. The number of guanidine groups is 2. The Labute approximate surface area is 362 Å². The van der Waals surface area contributed by atoms with Crippen LogP contribution in [0, 0.1) is 0 Å². The zero-order valence-corrected chi connectivity index (χ0v) is 35.7. The molecule has 0 spiro atoms. The molecule has 344 valence electrons. The number of rotatable bonds is 14. The second kappa shape index (κ2) is 20.5. The number of hydrogen-bond acceptors (Lipinski definition) is 10. The number of nitrogens with one attached hydrogen (secondary N) is 4. The van der Waals surface area contributed by atoms with Gasteiger partial charge in [0.25, 0.3) is 23.7 Å². The number of aromatic nitrogens is 2. The van der Waals surface area contributed by atoms with Crippen LogP contribution in [0.1, 0.15) is 71.3 Å². The van der Waals surface area contributed by atoms with Gasteiger partial charge in [-0.2, -0.15) is 26.3 Å². The number of nitrogens with zero attached hydrogens (tertiary/aromatic N) is 4. The molecule has 0 atom stereocenters. The normalized spacial score (nSPS) is 12.5. The Bertz CT molecular complexity index is 2620. The lowest BCUT2D eigenvalue weighted by atomic mass is 10.1. The molecule has 0 aliphatic carbocycles. The molecule has 0 fully saturated rings. The molecule has 6 aromatic rings. The molecule has 22 heteroatoms. The van der Waals surface area contributed by atoms with Crippen LogP contribution in [0.4, 0.5) is 26.3 Å². The van der Waals surface area contributed by atoms with Crippen LogP contribution in [0.2, 0.25) is 0 Å². The minimum atomic E-state index is -4.67. The van der Waals surface area contributed by atoms with E-state index in [1.54, 1.807) is 24.3 Å². The van der Waals surface area contributed by atoms with Crippen LogP contribution < -0.4 is 31.6 Å². The van der Waals surface area contributed by atoms with Gasteiger partial charge in [-0.15, -0.1) is 0 Å². The number of halogens is 6. The molecule has 2 amide bonds. The molecular weight excluding hydrogens is 855 g/mol. The SMILES string of the molecule is CCN(CC)Cc1ccc(Oc2cc(C(F)(F)F)c3cc(C(=O)NC(N)=NC)[nH]c3c2)o1.CCN(CC)Cc1ccc(Oc2ccc(C(F)(F)F)c3cc(C(=O)NC(N)=NC)[nH]c23)o1. The summed E-state index contributed by atoms with van der Waals surface area (Å²) in [7, 11) is 2.74. The molecule has 64 heavy (non-hydrogen) atoms. The van der Waals surface area contributed by atoms with E-state index < -0.39 is 35.3 Å². The highest BCUT2D eigenvalue weighted by atomic mass is 19.4. The molecule has 0 saturated carbocycles. The van der Waals surface area contributed by atoms with Crippen LogP contribution in [-0.4, -0.2) is 83.8 Å². The largest absolute Gasteiger partial charge is 0.429 e. The van der Waals surface area contributed by atoms with Crippen LogP contribution in [0.15, 0.2) is 79.5 Å². The lowest BCUT2D eigenvalue weighted by Crippen LogP contribution is -2.36. The predicted octanol–water partition coefficient (Wildman–Crippen LogP) is 8.18. The van der Waals surface area contributed by atoms with Crippen LogP contribution in [0.25, 0.3) is 21.8 Å². The van der Waals surface area contributed by atoms with Gasteiger partial charge in [0.05, 0.1) is 35.2 Å². The van der Waals surface area contributed by atoms with Gasteiger partial charge in [0, 0.05) is 43.1 Å². The molecule has 0 radical (unpaired) electrons. The summed E-state index contributed by atoms with van der Waals surface area (Å²) < 4.78 is 104. The molecule has 0 unspecified atom stereocenters. The van der Waals surface area contributed by atoms with E-state index in [0.29, 0.717) is 24.6 Å². The Morgan fingerprint density at radius 2 is 1.14 bits per heavy atom. The number of aliphatic imine (C=N–C) groups is 2. The fraction of sp³-hybridized carbons (Fsp3) is 0.333. The second-order valence-corrected chi connectivity index (χ2v) is 13.9. The second-order valence-electron chi connectivity index (χ2n) is 13.9. The number of alkyl halides is 6. The van der Waals surface area contributed by atoms with Gasteiger partial charge in [0.1, 0.15) is 28.7 Å². The number of fused-ring (bicyclic) bond motifs is 2. The fourth-order valence-electron chi connectivity index (χ4n) is 6.31. The van der Waals surface area contributed by atoms with E-state index in [9.17, 15) is 35.9 Å². The van der Waals surface area contributed by atoms with Crippen LogP contribution in [0.3, 0.4) is 0 Å². The first-order valence-electron chi connectivity index (χ1n) is 19.8. The van der Waals surface area contributed by atoms with Crippen molar-refractivity contribution in [2.45, 2.75) is 53.1 Å². The number of ether oxygens (including phenoxy) is 2. The number of aromatic amines is 2. The van der Waals surface area contributed by atoms with E-state index in [1.807, 2.05) is 27.7 Å². The summed E-state index contributed by atoms with van der Waals surface area (Å²) in [5.74, 6) is -0.306. The lowest BCUT2D eigenvalue weighted by Gasteiger charge is -2.15. The van der Waals surface area contributed by atoms with Crippen molar-refractivity contribution >= 4 is 45.5 Å². The van der Waals surface area contributed by atoms with E-state index in [2.05, 4.69) is 40.4 Å². The molecule has 4 heterocycles. The number of carbonyl (C=O) groups excluding carboxylic acids is 2. The summed E-state index contributed by atoms with van der Waals surface area (Å²) in [6.07, 6.45) is -9.30. The zero-order chi connectivity index (χ0) is 46.9. The molecule has 2 aromatic carbocycles. The first-order valence-corrected chi connectivity index (χ1v) is 19.8. The van der Waals surface area contributed by atoms with Crippen molar-refractivity contribution in [1.29, 1.82) is 0 Å². The number of hydrogen-bond donors (Lipinski definition) is 6. The average molecular weight is 903 g/mol. The van der Waals surface area contributed by atoms with Gasteiger partial charge in [-0.3, -0.25) is 40.0 Å². The molecule has 0 bridgehead atoms. The van der Waals surface area contributed by atoms with Crippen LogP contribution in [0.5, 0.6) is 23.4 Å². The van der Waals surface area contributed by atoms with Crippen molar-refractivity contribution in [1.82, 2.24) is 30.4 Å². The summed E-state index contributed by atoms with van der Waals surface area (Å²) in [4.78, 5) is 41.4. The third kappa shape index (κ3) is 11.9. The average Bonchev–Trinajstić information content (AvgIpc) is 4.08. The van der Waals surface area contributed by atoms with E-state index in [-0.39, 0.29) is 68.5 Å². The van der Waals surface area contributed by atoms with Crippen molar-refractivity contribution in [3.05, 3.63) is 94.7 Å². The number of amides is 2. The van der Waals surface area contributed by atoms with Crippen molar-refractivity contribution in [3.8, 4) is 23.4 Å². The van der Waals surface area contributed by atoms with Crippen LogP contribution in [-0.2, 0) is 25.4 Å². The molecule has 6 rings (SSSR count). The molecule has 0 aliphatic rings. The van der Waals surface area contributed by atoms with Crippen molar-refractivity contribution in [3.63, 3.8) is 0 Å². The summed E-state index contributed by atoms with van der Waals surface area (Å²) >= 11 is 0. The predicted molar refractivity (Wildman–Crippen MR) is 227 cm³/mol. The number of H-pyrrole nitrogens is 2. The van der Waals surface area contributed by atoms with Crippen LogP contribution >= 0.6 is 0 Å². The van der Waals surface area contributed by atoms with Gasteiger partial charge in [-0.1, -0.05) is 27.7 Å².